The summed E-state index contributed by atoms with van der Waals surface area (Å²) in [4.78, 5) is 25.8. The van der Waals surface area contributed by atoms with Gasteiger partial charge in [0.05, 0.1) is 18.0 Å². The highest BCUT2D eigenvalue weighted by atomic mass is 32.2. The lowest BCUT2D eigenvalue weighted by Crippen LogP contribution is -2.38. The molecule has 1 aromatic carbocycles. The smallest absolute Gasteiger partial charge is 0.256 e. The molecule has 1 aromatic rings. The van der Waals surface area contributed by atoms with E-state index in [0.29, 0.717) is 24.4 Å². The van der Waals surface area contributed by atoms with E-state index in [1.165, 1.54) is 11.8 Å². The molecule has 0 unspecified atom stereocenters. The predicted octanol–water partition coefficient (Wildman–Crippen LogP) is 2.51. The molecule has 2 aliphatic heterocycles. The van der Waals surface area contributed by atoms with E-state index < -0.39 is 19.1 Å². The van der Waals surface area contributed by atoms with Gasteiger partial charge in [-0.25, -0.2) is 8.78 Å². The largest absolute Gasteiger partial charge is 0.368 e. The second-order valence-electron chi connectivity index (χ2n) is 5.36. The van der Waals surface area contributed by atoms with Crippen molar-refractivity contribution in [3.8, 4) is 0 Å². The normalized spacial score (nSPS) is 20.7. The van der Waals surface area contributed by atoms with Crippen molar-refractivity contribution in [2.45, 2.75) is 30.3 Å². The molecule has 8 heteroatoms. The van der Waals surface area contributed by atoms with Gasteiger partial charge in [-0.3, -0.25) is 9.59 Å². The zero-order valence-electron chi connectivity index (χ0n) is 12.3. The van der Waals surface area contributed by atoms with Crippen molar-refractivity contribution in [2.24, 2.45) is 0 Å². The number of thioether (sulfide) groups is 1. The average molecular weight is 342 g/mol. The highest BCUT2D eigenvalue weighted by Gasteiger charge is 2.28. The van der Waals surface area contributed by atoms with Crippen LogP contribution in [0.1, 0.15) is 12.8 Å². The van der Waals surface area contributed by atoms with Crippen LogP contribution >= 0.6 is 11.8 Å². The number of fused-ring (bicyclic) bond motifs is 1. The number of ether oxygens (including phenoxy) is 1. The number of nitrogens with zero attached hydrogens (tertiary/aromatic N) is 1. The summed E-state index contributed by atoms with van der Waals surface area (Å²) in [6, 6.07) is 5.00. The molecule has 124 valence electrons. The number of halogens is 2. The Kier molecular flexibility index (Phi) is 4.82. The van der Waals surface area contributed by atoms with Crippen LogP contribution in [-0.4, -0.2) is 43.2 Å². The Morgan fingerprint density at radius 2 is 2.30 bits per heavy atom. The molecule has 0 spiro atoms. The maximum atomic E-state index is 12.7. The summed E-state index contributed by atoms with van der Waals surface area (Å²) in [6.07, 6.45) is -1.57. The second-order valence-corrected chi connectivity index (χ2v) is 6.37. The lowest BCUT2D eigenvalue weighted by molar-refractivity contribution is -0.124. The number of carbonyl (C=O) groups is 2. The Labute approximate surface area is 136 Å². The van der Waals surface area contributed by atoms with E-state index in [4.69, 9.17) is 4.74 Å². The van der Waals surface area contributed by atoms with E-state index in [0.717, 1.165) is 16.2 Å². The lowest BCUT2D eigenvalue weighted by Gasteiger charge is -2.29. The van der Waals surface area contributed by atoms with Gasteiger partial charge in [-0.1, -0.05) is 0 Å². The molecule has 2 aliphatic rings. The van der Waals surface area contributed by atoms with E-state index in [9.17, 15) is 18.4 Å². The van der Waals surface area contributed by atoms with Crippen LogP contribution in [0.2, 0.25) is 0 Å². The fourth-order valence-electron chi connectivity index (χ4n) is 2.63. The summed E-state index contributed by atoms with van der Waals surface area (Å²) in [5.74, 6) is -0.468. The van der Waals surface area contributed by atoms with Crippen LogP contribution in [0.4, 0.5) is 20.2 Å². The fraction of sp³-hybridized carbons (Fsp3) is 0.467. The molecule has 1 atom stereocenters. The Bertz CT molecular complexity index is 621. The number of benzene rings is 1. The molecule has 2 heterocycles. The van der Waals surface area contributed by atoms with Gasteiger partial charge in [0.15, 0.2) is 0 Å². The first-order chi connectivity index (χ1) is 11.0. The number of carbonyl (C=O) groups excluding carboxylic acids is 2. The van der Waals surface area contributed by atoms with E-state index in [1.807, 2.05) is 0 Å². The summed E-state index contributed by atoms with van der Waals surface area (Å²) in [6.45, 7) is -0.0783. The highest BCUT2D eigenvalue weighted by Crippen LogP contribution is 2.37. The van der Waals surface area contributed by atoms with Crippen molar-refractivity contribution in [3.05, 3.63) is 18.2 Å². The van der Waals surface area contributed by atoms with Crippen LogP contribution in [0.25, 0.3) is 0 Å². The van der Waals surface area contributed by atoms with Crippen LogP contribution < -0.4 is 10.2 Å². The van der Waals surface area contributed by atoms with Crippen LogP contribution in [0.5, 0.6) is 0 Å². The predicted molar refractivity (Wildman–Crippen MR) is 83.1 cm³/mol. The van der Waals surface area contributed by atoms with Gasteiger partial charge >= 0.3 is 0 Å². The fourth-order valence-corrected chi connectivity index (χ4v) is 3.54. The second kappa shape index (κ2) is 6.84. The molecule has 1 fully saturated rings. The minimum Gasteiger partial charge on any atom is -0.368 e. The Morgan fingerprint density at radius 3 is 3.00 bits per heavy atom. The summed E-state index contributed by atoms with van der Waals surface area (Å²) in [7, 11) is 0. The van der Waals surface area contributed by atoms with E-state index in [1.54, 1.807) is 18.2 Å². The molecule has 1 N–H and O–H groups in total. The minimum absolute atomic E-state index is 0.140. The van der Waals surface area contributed by atoms with Crippen molar-refractivity contribution in [1.29, 1.82) is 0 Å². The van der Waals surface area contributed by atoms with Gasteiger partial charge in [0.25, 0.3) is 12.3 Å². The number of nitrogens with one attached hydrogen (secondary N) is 1. The van der Waals surface area contributed by atoms with E-state index in [2.05, 4.69) is 5.32 Å². The van der Waals surface area contributed by atoms with Gasteiger partial charge in [0, 0.05) is 17.2 Å². The van der Waals surface area contributed by atoms with E-state index in [-0.39, 0.29) is 17.6 Å². The Balaban J connectivity index is 1.80. The molecule has 2 amide bonds. The molecule has 1 saturated heterocycles. The highest BCUT2D eigenvalue weighted by molar-refractivity contribution is 8.00. The zero-order chi connectivity index (χ0) is 16.4. The van der Waals surface area contributed by atoms with Crippen molar-refractivity contribution in [1.82, 2.24) is 0 Å². The summed E-state index contributed by atoms with van der Waals surface area (Å²) in [5, 5.41) is 2.72. The summed E-state index contributed by atoms with van der Waals surface area (Å²) < 4.78 is 30.7. The van der Waals surface area contributed by atoms with Gasteiger partial charge in [0.1, 0.15) is 6.10 Å². The molecule has 0 aromatic heterocycles. The lowest BCUT2D eigenvalue weighted by atomic mass is 10.2. The van der Waals surface area contributed by atoms with Gasteiger partial charge in [-0.2, -0.15) is 0 Å². The first-order valence-corrected chi connectivity index (χ1v) is 8.31. The number of alkyl halides is 2. The van der Waals surface area contributed by atoms with Crippen LogP contribution in [0, 0.1) is 0 Å². The van der Waals surface area contributed by atoms with Gasteiger partial charge in [-0.05, 0) is 31.0 Å². The molecule has 0 aliphatic carbocycles. The molecule has 23 heavy (non-hydrogen) atoms. The monoisotopic (exact) mass is 342 g/mol. The number of hydrogen-bond acceptors (Lipinski definition) is 4. The molecule has 3 rings (SSSR count). The molecular weight excluding hydrogens is 326 g/mol. The topological polar surface area (TPSA) is 58.6 Å². The minimum atomic E-state index is -2.61. The van der Waals surface area contributed by atoms with Crippen molar-refractivity contribution < 1.29 is 23.1 Å². The maximum absolute atomic E-state index is 12.7. The standard InChI is InChI=1S/C15H16F2N2O3S/c16-13(17)7-19-10-6-9(3-4-12(10)23-8-14(19)20)18-15(21)11-2-1-5-22-11/h3-4,6,11,13H,1-2,5,7-8H2,(H,18,21)/t11-/m0/s1. The maximum Gasteiger partial charge on any atom is 0.256 e. The number of hydrogen-bond donors (Lipinski definition) is 1. The first-order valence-electron chi connectivity index (χ1n) is 7.32. The molecule has 0 bridgehead atoms. The third-order valence-electron chi connectivity index (χ3n) is 3.71. The van der Waals surface area contributed by atoms with Crippen molar-refractivity contribution in [2.75, 3.05) is 29.1 Å². The van der Waals surface area contributed by atoms with Crippen molar-refractivity contribution in [3.63, 3.8) is 0 Å². The summed E-state index contributed by atoms with van der Waals surface area (Å²) >= 11 is 1.31. The number of rotatable bonds is 4. The molecule has 0 saturated carbocycles. The van der Waals surface area contributed by atoms with Crippen molar-refractivity contribution >= 4 is 35.0 Å². The first kappa shape index (κ1) is 16.2. The van der Waals surface area contributed by atoms with E-state index >= 15 is 0 Å². The van der Waals surface area contributed by atoms with Gasteiger partial charge in [0.2, 0.25) is 5.91 Å². The summed E-state index contributed by atoms with van der Waals surface area (Å²) in [5.41, 5.74) is 0.885. The van der Waals surface area contributed by atoms with Gasteiger partial charge in [-0.15, -0.1) is 11.8 Å². The third-order valence-corrected chi connectivity index (χ3v) is 4.76. The average Bonchev–Trinajstić information content (AvgIpc) is 3.04. The van der Waals surface area contributed by atoms with Crippen LogP contribution in [0.15, 0.2) is 23.1 Å². The molecule has 5 nitrogen and oxygen atoms in total. The molecular formula is C15H16F2N2O3S. The molecule has 0 radical (unpaired) electrons. The third kappa shape index (κ3) is 3.64. The Hall–Kier alpha value is -1.67. The quantitative estimate of drug-likeness (QED) is 0.913. The number of anilines is 2. The Morgan fingerprint density at radius 1 is 1.48 bits per heavy atom. The SMILES string of the molecule is O=C(Nc1ccc2c(c1)N(CC(F)F)C(=O)CS2)[C@@H]1CCCO1. The zero-order valence-corrected chi connectivity index (χ0v) is 13.1. The van der Waals surface area contributed by atoms with Gasteiger partial charge < -0.3 is 15.0 Å². The number of amides is 2. The van der Waals surface area contributed by atoms with Crippen LogP contribution in [0.3, 0.4) is 0 Å². The van der Waals surface area contributed by atoms with Crippen LogP contribution in [-0.2, 0) is 14.3 Å².